The van der Waals surface area contributed by atoms with Gasteiger partial charge in [0.15, 0.2) is 0 Å². The van der Waals surface area contributed by atoms with E-state index in [1.807, 2.05) is 0 Å². The fourth-order valence-electron chi connectivity index (χ4n) is 0. The van der Waals surface area contributed by atoms with Gasteiger partial charge in [-0.2, -0.15) is 0 Å². The second-order valence-corrected chi connectivity index (χ2v) is 1.98. The molecular weight excluding hydrogens is 311 g/mol. The molecule has 0 rings (SSSR count). The van der Waals surface area contributed by atoms with E-state index in [1.54, 1.807) is 0 Å². The fourth-order valence-corrected chi connectivity index (χ4v) is 0. The van der Waals surface area contributed by atoms with Crippen molar-refractivity contribution in [3.63, 3.8) is 0 Å². The molecule has 0 aromatic heterocycles. The van der Waals surface area contributed by atoms with Gasteiger partial charge in [0, 0.05) is 0 Å². The Morgan fingerprint density at radius 2 is 2.00 bits per heavy atom. The minimum atomic E-state index is -2.32. The zero-order valence-electron chi connectivity index (χ0n) is 2.97. The van der Waals surface area contributed by atoms with Crippen LogP contribution in [0.2, 0.25) is 0 Å². The first-order valence-corrected chi connectivity index (χ1v) is 2.61. The Kier molecular flexibility index (Phi) is 13.7. The van der Waals surface area contributed by atoms with Crippen LogP contribution in [0.3, 0.4) is 0 Å². The first-order chi connectivity index (χ1) is 2.27. The molecule has 0 aromatic rings. The van der Waals surface area contributed by atoms with Crippen molar-refractivity contribution in [3.8, 4) is 0 Å². The van der Waals surface area contributed by atoms with Crippen molar-refractivity contribution in [2.75, 3.05) is 0 Å². The third-order valence-electron chi connectivity index (χ3n) is 0.0454. The van der Waals surface area contributed by atoms with Crippen molar-refractivity contribution < 1.29 is 82.4 Å². The van der Waals surface area contributed by atoms with Gasteiger partial charge in [0.25, 0.3) is 0 Å². The molecule has 6 heavy (non-hydrogen) atoms. The minimum absolute atomic E-state index is 0. The topological polar surface area (TPSA) is 49.4 Å². The molecule has 0 heterocycles. The van der Waals surface area contributed by atoms with Crippen LogP contribution in [0.5, 0.6) is 0 Å². The van der Waals surface area contributed by atoms with Crippen molar-refractivity contribution in [1.29, 1.82) is 0 Å². The Morgan fingerprint density at radius 3 is 2.00 bits per heavy atom. The van der Waals surface area contributed by atoms with E-state index in [0.717, 1.165) is 19.3 Å². The number of hydrogen-bond acceptors (Lipinski definition) is 3. The maximum Gasteiger partial charge on any atom is 1.00 e. The molecule has 1 atom stereocenters. The number of hydrogen-bond donors (Lipinski definition) is 0. The smallest absolute Gasteiger partial charge is 1.00 e. The second kappa shape index (κ2) is 7.36. The molecule has 6 heteroatoms. The zero-order chi connectivity index (χ0) is 4.28. The van der Waals surface area contributed by atoms with Gasteiger partial charge in [-0.15, -0.1) is 0 Å². The van der Waals surface area contributed by atoms with Gasteiger partial charge in [-0.05, 0) is 0 Å². The third kappa shape index (κ3) is 9.61. The average molecular weight is 311 g/mol. The van der Waals surface area contributed by atoms with Gasteiger partial charge in [-0.25, -0.2) is 0 Å². The second-order valence-electron chi connectivity index (χ2n) is 0.260. The Morgan fingerprint density at radius 1 is 1.83 bits per heavy atom. The van der Waals surface area contributed by atoms with Crippen molar-refractivity contribution >= 4 is 11.4 Å². The molecule has 0 fully saturated rings. The summed E-state index contributed by atoms with van der Waals surface area (Å²) in [6, 6.07) is 0. The summed E-state index contributed by atoms with van der Waals surface area (Å²) in [4.78, 5) is 0. The van der Waals surface area contributed by atoms with Crippen LogP contribution in [0.15, 0.2) is 0 Å². The summed E-state index contributed by atoms with van der Waals surface area (Å²) in [6.45, 7) is 0. The molecule has 0 aliphatic heterocycles. The SMILES string of the molecule is O=S([O-])[O][Ir].[K+]. The Balaban J connectivity index is 0. The van der Waals surface area contributed by atoms with Crippen molar-refractivity contribution in [1.82, 2.24) is 0 Å². The quantitative estimate of drug-likeness (QED) is 0.369. The minimum Gasteiger partial charge on any atom is 1.00 e. The predicted octanol–water partition coefficient (Wildman–Crippen LogP) is -3.74. The Hall–Kier alpha value is 2.36. The molecule has 0 saturated carbocycles. The van der Waals surface area contributed by atoms with Crippen LogP contribution in [0.1, 0.15) is 0 Å². The summed E-state index contributed by atoms with van der Waals surface area (Å²) in [5.41, 5.74) is 0. The van der Waals surface area contributed by atoms with Gasteiger partial charge in [0.1, 0.15) is 0 Å². The van der Waals surface area contributed by atoms with Crippen LogP contribution >= 0.6 is 0 Å². The summed E-state index contributed by atoms with van der Waals surface area (Å²) in [5.74, 6) is 0. The maximum absolute atomic E-state index is 9.15. The predicted molar refractivity (Wildman–Crippen MR) is 10.0 cm³/mol. The van der Waals surface area contributed by atoms with Crippen LogP contribution in [0.4, 0.5) is 0 Å². The number of rotatable bonds is 1. The monoisotopic (exact) mass is 312 g/mol. The molecule has 0 spiro atoms. The van der Waals surface area contributed by atoms with E-state index in [-0.39, 0.29) is 51.4 Å². The molecule has 0 N–H and O–H groups in total. The van der Waals surface area contributed by atoms with Crippen LogP contribution in [0.25, 0.3) is 0 Å². The summed E-state index contributed by atoms with van der Waals surface area (Å²) < 4.78 is 22.0. The molecule has 0 radical (unpaired) electrons. The van der Waals surface area contributed by atoms with E-state index in [0.29, 0.717) is 0 Å². The van der Waals surface area contributed by atoms with Crippen LogP contribution < -0.4 is 51.4 Å². The molecular formula is IrKO3S. The molecule has 0 aliphatic carbocycles. The molecule has 0 amide bonds. The van der Waals surface area contributed by atoms with Crippen LogP contribution in [0, 0.1) is 0 Å². The normalized spacial score (nSPS) is 12.5. The molecule has 0 aromatic carbocycles. The largest absolute Gasteiger partial charge is 1.00 e. The molecule has 0 aliphatic rings. The molecule has 34 valence electrons. The third-order valence-corrected chi connectivity index (χ3v) is 1.11. The van der Waals surface area contributed by atoms with Gasteiger partial charge in [-0.3, -0.25) is 0 Å². The molecule has 1 unspecified atom stereocenters. The fraction of sp³-hybridized carbons (Fsp3) is 0. The van der Waals surface area contributed by atoms with Crippen molar-refractivity contribution in [3.05, 3.63) is 0 Å². The van der Waals surface area contributed by atoms with E-state index in [2.05, 4.69) is 2.94 Å². The first-order valence-electron chi connectivity index (χ1n) is 0.636. The summed E-state index contributed by atoms with van der Waals surface area (Å²) >= 11 is -1.24. The molecule has 0 saturated heterocycles. The summed E-state index contributed by atoms with van der Waals surface area (Å²) in [6.07, 6.45) is 0. The Bertz CT molecular complexity index is 46.1. The van der Waals surface area contributed by atoms with E-state index in [9.17, 15) is 0 Å². The summed E-state index contributed by atoms with van der Waals surface area (Å²) in [7, 11) is 0. The van der Waals surface area contributed by atoms with Gasteiger partial charge < -0.3 is 0 Å². The van der Waals surface area contributed by atoms with Crippen molar-refractivity contribution in [2.45, 2.75) is 0 Å². The van der Waals surface area contributed by atoms with Gasteiger partial charge in [0.2, 0.25) is 0 Å². The average Bonchev–Trinajstić information content (AvgIpc) is 1.38. The maximum atomic E-state index is 9.15. The van der Waals surface area contributed by atoms with Crippen LogP contribution in [-0.4, -0.2) is 8.76 Å². The van der Waals surface area contributed by atoms with E-state index in [4.69, 9.17) is 8.76 Å². The standard InChI is InChI=1S/Ir.K.H2O3S/c;;1-4(2)3/h;;(H2,1,2,3)/q2*+1;/p-2. The van der Waals surface area contributed by atoms with E-state index in [1.165, 1.54) is 0 Å². The summed E-state index contributed by atoms with van der Waals surface area (Å²) in [5, 5.41) is 0. The Labute approximate surface area is 91.7 Å². The molecule has 3 nitrogen and oxygen atoms in total. The van der Waals surface area contributed by atoms with Gasteiger partial charge in [0.05, 0.1) is 0 Å². The molecule has 0 bridgehead atoms. The van der Waals surface area contributed by atoms with Gasteiger partial charge >= 0.3 is 93.7 Å². The van der Waals surface area contributed by atoms with Crippen molar-refractivity contribution in [2.24, 2.45) is 0 Å². The zero-order valence-corrected chi connectivity index (χ0v) is 9.30. The first kappa shape index (κ1) is 11.2. The van der Waals surface area contributed by atoms with E-state index >= 15 is 0 Å². The van der Waals surface area contributed by atoms with E-state index < -0.39 is 11.4 Å². The van der Waals surface area contributed by atoms with Crippen LogP contribution in [-0.2, 0) is 33.6 Å². The van der Waals surface area contributed by atoms with Gasteiger partial charge in [-0.1, -0.05) is 0 Å².